The molecule has 5 nitrogen and oxygen atoms in total. The lowest BCUT2D eigenvalue weighted by Gasteiger charge is -2.08. The van der Waals surface area contributed by atoms with Crippen molar-refractivity contribution >= 4 is 35.0 Å². The highest BCUT2D eigenvalue weighted by Gasteiger charge is 2.38. The van der Waals surface area contributed by atoms with E-state index in [-0.39, 0.29) is 4.91 Å². The number of amides is 2. The molecule has 2 amide bonds. The molecule has 1 aromatic carbocycles. The predicted molar refractivity (Wildman–Crippen MR) is 66.0 cm³/mol. The molecule has 0 bridgehead atoms. The number of rotatable bonds is 2. The fraction of sp³-hybridized carbons (Fsp3) is 0.0833. The van der Waals surface area contributed by atoms with E-state index in [1.807, 2.05) is 18.2 Å². The van der Waals surface area contributed by atoms with Crippen molar-refractivity contribution in [2.45, 2.75) is 6.92 Å². The van der Waals surface area contributed by atoms with Gasteiger partial charge in [0.15, 0.2) is 0 Å². The summed E-state index contributed by atoms with van der Waals surface area (Å²) in [6.45, 7) is 1.13. The molecule has 0 N–H and O–H groups in total. The molecular weight excluding hydrogens is 254 g/mol. The van der Waals surface area contributed by atoms with E-state index < -0.39 is 17.1 Å². The average Bonchev–Trinajstić information content (AvgIpc) is 2.58. The summed E-state index contributed by atoms with van der Waals surface area (Å²) in [6.07, 6.45) is 1.58. The van der Waals surface area contributed by atoms with Gasteiger partial charge in [0.25, 0.3) is 0 Å². The van der Waals surface area contributed by atoms with Crippen LogP contribution in [0.5, 0.6) is 0 Å². The van der Waals surface area contributed by atoms with Crippen LogP contribution in [0.4, 0.5) is 4.79 Å². The summed E-state index contributed by atoms with van der Waals surface area (Å²) in [5, 5.41) is -0.140. The van der Waals surface area contributed by atoms with E-state index in [1.165, 1.54) is 0 Å². The van der Waals surface area contributed by atoms with Crippen LogP contribution >= 0.6 is 11.8 Å². The van der Waals surface area contributed by atoms with Gasteiger partial charge in [-0.2, -0.15) is 0 Å². The first kappa shape index (κ1) is 12.4. The van der Waals surface area contributed by atoms with Crippen LogP contribution in [0.25, 0.3) is 6.08 Å². The van der Waals surface area contributed by atoms with E-state index in [9.17, 15) is 14.4 Å². The second kappa shape index (κ2) is 5.05. The Morgan fingerprint density at radius 1 is 1.28 bits per heavy atom. The Labute approximate surface area is 107 Å². The highest BCUT2D eigenvalue weighted by molar-refractivity contribution is 8.18. The molecule has 1 aromatic rings. The number of nitrogens with zero attached hydrogens (tertiary/aromatic N) is 1. The van der Waals surface area contributed by atoms with E-state index in [0.29, 0.717) is 5.06 Å². The van der Waals surface area contributed by atoms with Crippen molar-refractivity contribution in [3.8, 4) is 0 Å². The van der Waals surface area contributed by atoms with Crippen LogP contribution in [0.2, 0.25) is 0 Å². The largest absolute Gasteiger partial charge is 0.330 e. The van der Waals surface area contributed by atoms with Crippen molar-refractivity contribution in [1.82, 2.24) is 5.06 Å². The molecule has 1 heterocycles. The summed E-state index contributed by atoms with van der Waals surface area (Å²) in [6, 6.07) is 9.10. The van der Waals surface area contributed by atoms with Gasteiger partial charge in [-0.05, 0) is 23.4 Å². The minimum atomic E-state index is -0.710. The van der Waals surface area contributed by atoms with Crippen molar-refractivity contribution in [3.05, 3.63) is 40.8 Å². The van der Waals surface area contributed by atoms with E-state index in [0.717, 1.165) is 24.2 Å². The van der Waals surface area contributed by atoms with Gasteiger partial charge in [-0.3, -0.25) is 9.59 Å². The van der Waals surface area contributed by atoms with Crippen LogP contribution in [-0.4, -0.2) is 22.2 Å². The number of hydrogen-bond acceptors (Lipinski definition) is 5. The summed E-state index contributed by atoms with van der Waals surface area (Å²) in [5.41, 5.74) is 0.797. The first-order chi connectivity index (χ1) is 8.58. The predicted octanol–water partition coefficient (Wildman–Crippen LogP) is 2.20. The molecule has 0 aliphatic carbocycles. The molecule has 0 spiro atoms. The number of hydroxylamine groups is 2. The molecule has 2 rings (SSSR count). The second-order valence-corrected chi connectivity index (χ2v) is 4.46. The van der Waals surface area contributed by atoms with E-state index >= 15 is 0 Å². The van der Waals surface area contributed by atoms with Gasteiger partial charge < -0.3 is 4.84 Å². The van der Waals surface area contributed by atoms with E-state index in [1.54, 1.807) is 18.2 Å². The Balaban J connectivity index is 2.23. The molecule has 0 atom stereocenters. The summed E-state index contributed by atoms with van der Waals surface area (Å²) in [5.74, 6) is -1.33. The van der Waals surface area contributed by atoms with Crippen molar-refractivity contribution in [3.63, 3.8) is 0 Å². The molecule has 1 saturated heterocycles. The van der Waals surface area contributed by atoms with Gasteiger partial charge in [-0.25, -0.2) is 4.79 Å². The molecule has 18 heavy (non-hydrogen) atoms. The lowest BCUT2D eigenvalue weighted by molar-refractivity contribution is -0.178. The van der Waals surface area contributed by atoms with Crippen molar-refractivity contribution < 1.29 is 19.2 Å². The van der Waals surface area contributed by atoms with Gasteiger partial charge in [0.05, 0.1) is 4.91 Å². The van der Waals surface area contributed by atoms with Gasteiger partial charge in [0, 0.05) is 6.92 Å². The van der Waals surface area contributed by atoms with Crippen LogP contribution in [0.1, 0.15) is 12.5 Å². The fourth-order valence-electron chi connectivity index (χ4n) is 1.36. The van der Waals surface area contributed by atoms with Gasteiger partial charge in [-0.15, -0.1) is 0 Å². The molecule has 0 radical (unpaired) electrons. The highest BCUT2D eigenvalue weighted by Crippen LogP contribution is 2.32. The minimum Gasteiger partial charge on any atom is -0.330 e. The van der Waals surface area contributed by atoms with E-state index in [4.69, 9.17) is 0 Å². The fourth-order valence-corrected chi connectivity index (χ4v) is 2.12. The smallest absolute Gasteiger partial charge is 0.330 e. The molecular formula is C12H9NO4S. The molecule has 0 aromatic heterocycles. The van der Waals surface area contributed by atoms with Gasteiger partial charge in [0.2, 0.25) is 0 Å². The number of hydrogen-bond donors (Lipinski definition) is 0. The molecule has 1 aliphatic heterocycles. The number of carbonyl (C=O) groups excluding carboxylic acids is 3. The number of carbonyl (C=O) groups is 3. The molecule has 92 valence electrons. The maximum absolute atomic E-state index is 11.8. The quantitative estimate of drug-likeness (QED) is 0.765. The third-order valence-electron chi connectivity index (χ3n) is 2.08. The van der Waals surface area contributed by atoms with Crippen LogP contribution in [0.15, 0.2) is 35.2 Å². The molecule has 1 aliphatic rings. The molecule has 0 saturated carbocycles. The summed E-state index contributed by atoms with van der Waals surface area (Å²) in [7, 11) is 0. The number of benzene rings is 1. The lowest BCUT2D eigenvalue weighted by atomic mass is 10.2. The SMILES string of the molecule is CC(=O)ON1C(=O)SC(=Cc2ccccc2)C1=O. The van der Waals surface area contributed by atoms with E-state index in [2.05, 4.69) is 4.84 Å². The van der Waals surface area contributed by atoms with Gasteiger partial charge in [0.1, 0.15) is 0 Å². The molecule has 0 unspecified atom stereocenters. The van der Waals surface area contributed by atoms with Crippen LogP contribution < -0.4 is 0 Å². The maximum atomic E-state index is 11.8. The Morgan fingerprint density at radius 3 is 2.56 bits per heavy atom. The monoisotopic (exact) mass is 263 g/mol. The first-order valence-electron chi connectivity index (χ1n) is 5.09. The lowest BCUT2D eigenvalue weighted by Crippen LogP contribution is -2.30. The first-order valence-corrected chi connectivity index (χ1v) is 5.91. The summed E-state index contributed by atoms with van der Waals surface area (Å²) in [4.78, 5) is 38.8. The zero-order chi connectivity index (χ0) is 13.1. The number of imide groups is 1. The second-order valence-electron chi connectivity index (χ2n) is 3.47. The topological polar surface area (TPSA) is 63.7 Å². The summed E-state index contributed by atoms with van der Waals surface area (Å²) >= 11 is 0.740. The Hall–Kier alpha value is -2.08. The Bertz CT molecular complexity index is 538. The van der Waals surface area contributed by atoms with Crippen molar-refractivity contribution in [1.29, 1.82) is 0 Å². The minimum absolute atomic E-state index is 0.229. The van der Waals surface area contributed by atoms with Gasteiger partial charge in [-0.1, -0.05) is 35.4 Å². The molecule has 6 heteroatoms. The third kappa shape index (κ3) is 2.60. The highest BCUT2D eigenvalue weighted by atomic mass is 32.2. The third-order valence-corrected chi connectivity index (χ3v) is 2.93. The van der Waals surface area contributed by atoms with Gasteiger partial charge >= 0.3 is 17.1 Å². The number of thioether (sulfide) groups is 1. The van der Waals surface area contributed by atoms with Crippen LogP contribution in [0, 0.1) is 0 Å². The normalized spacial score (nSPS) is 17.4. The maximum Gasteiger partial charge on any atom is 0.330 e. The standard InChI is InChI=1S/C12H9NO4S/c1-8(14)17-13-11(15)10(18-12(13)16)7-9-5-3-2-4-6-9/h2-7H,1H3. The van der Waals surface area contributed by atoms with Crippen LogP contribution in [0.3, 0.4) is 0 Å². The zero-order valence-electron chi connectivity index (χ0n) is 9.45. The van der Waals surface area contributed by atoms with Crippen molar-refractivity contribution in [2.24, 2.45) is 0 Å². The average molecular weight is 263 g/mol. The zero-order valence-corrected chi connectivity index (χ0v) is 10.3. The molecule has 1 fully saturated rings. The van der Waals surface area contributed by atoms with Crippen LogP contribution in [-0.2, 0) is 14.4 Å². The Morgan fingerprint density at radius 2 is 1.94 bits per heavy atom. The summed E-state index contributed by atoms with van der Waals surface area (Å²) < 4.78 is 0. The van der Waals surface area contributed by atoms with Crippen molar-refractivity contribution in [2.75, 3.05) is 0 Å². The Kier molecular flexibility index (Phi) is 3.47.